The molecule has 114 valence electrons. The molecule has 2 aromatic rings. The number of nitrogens with one attached hydrogen (secondary N) is 1. The summed E-state index contributed by atoms with van der Waals surface area (Å²) in [6.45, 7) is 4.65. The van der Waals surface area contributed by atoms with E-state index in [2.05, 4.69) is 20.6 Å². The van der Waals surface area contributed by atoms with Crippen LogP contribution >= 0.6 is 11.3 Å². The Hall–Kier alpha value is -1.97. The fraction of sp³-hybridized carbons (Fsp3) is 0.455. The summed E-state index contributed by atoms with van der Waals surface area (Å²) in [7, 11) is 0. The highest BCUT2D eigenvalue weighted by atomic mass is 32.1. The second kappa shape index (κ2) is 5.43. The minimum absolute atomic E-state index is 0.249. The van der Waals surface area contributed by atoms with E-state index in [-0.39, 0.29) is 5.69 Å². The first kappa shape index (κ1) is 15.4. The Morgan fingerprint density at radius 3 is 2.52 bits per heavy atom. The molecule has 2 aromatic heterocycles. The van der Waals surface area contributed by atoms with E-state index >= 15 is 0 Å². The van der Waals surface area contributed by atoms with Gasteiger partial charge in [0.05, 0.1) is 0 Å². The lowest BCUT2D eigenvalue weighted by atomic mass is 10.3. The highest BCUT2D eigenvalue weighted by Crippen LogP contribution is 2.29. The second-order valence-corrected chi connectivity index (χ2v) is 5.59. The first-order chi connectivity index (χ1) is 9.68. The summed E-state index contributed by atoms with van der Waals surface area (Å²) < 4.78 is 38.8. The van der Waals surface area contributed by atoms with Gasteiger partial charge in [0.1, 0.15) is 11.0 Å². The van der Waals surface area contributed by atoms with Gasteiger partial charge in [-0.1, -0.05) is 11.3 Å². The maximum Gasteiger partial charge on any atom is 0.435 e. The van der Waals surface area contributed by atoms with Crippen LogP contribution < -0.4 is 5.32 Å². The number of alkyl halides is 3. The number of hydrogen-bond donors (Lipinski definition) is 1. The highest BCUT2D eigenvalue weighted by Gasteiger charge is 2.35. The normalized spacial score (nSPS) is 13.2. The van der Waals surface area contributed by atoms with E-state index in [0.29, 0.717) is 10.1 Å². The Morgan fingerprint density at radius 1 is 1.38 bits per heavy atom. The van der Waals surface area contributed by atoms with Crippen LogP contribution in [0.25, 0.3) is 0 Å². The summed E-state index contributed by atoms with van der Waals surface area (Å²) in [5.41, 5.74) is -0.773. The smallest absolute Gasteiger partial charge is 0.299 e. The molecule has 0 aliphatic carbocycles. The molecule has 0 aromatic carbocycles. The number of anilines is 1. The Kier molecular flexibility index (Phi) is 3.99. The molecule has 2 rings (SSSR count). The van der Waals surface area contributed by atoms with Crippen LogP contribution in [0.2, 0.25) is 0 Å². The van der Waals surface area contributed by atoms with Crippen molar-refractivity contribution in [2.24, 2.45) is 0 Å². The van der Waals surface area contributed by atoms with Crippen LogP contribution in [-0.4, -0.2) is 25.9 Å². The van der Waals surface area contributed by atoms with Gasteiger partial charge in [0, 0.05) is 5.69 Å². The van der Waals surface area contributed by atoms with Crippen molar-refractivity contribution in [1.82, 2.24) is 20.0 Å². The van der Waals surface area contributed by atoms with Crippen molar-refractivity contribution in [1.29, 1.82) is 0 Å². The molecular formula is C11H12F3N5OS. The molecule has 0 radical (unpaired) electrons. The second-order valence-electron chi connectivity index (χ2n) is 4.40. The lowest BCUT2D eigenvalue weighted by Gasteiger charge is -2.13. The fourth-order valence-corrected chi connectivity index (χ4v) is 2.28. The number of aryl methyl sites for hydroxylation is 2. The predicted octanol–water partition coefficient (Wildman–Crippen LogP) is 2.57. The number of amides is 1. The van der Waals surface area contributed by atoms with Gasteiger partial charge in [-0.3, -0.25) is 14.8 Å². The lowest BCUT2D eigenvalue weighted by Crippen LogP contribution is -2.25. The van der Waals surface area contributed by atoms with Crippen LogP contribution in [0.15, 0.2) is 6.07 Å². The van der Waals surface area contributed by atoms with Gasteiger partial charge in [0.15, 0.2) is 5.69 Å². The molecule has 0 saturated heterocycles. The molecule has 1 N–H and O–H groups in total. The maximum absolute atomic E-state index is 12.6. The van der Waals surface area contributed by atoms with E-state index in [1.807, 2.05) is 0 Å². The van der Waals surface area contributed by atoms with Crippen molar-refractivity contribution in [3.8, 4) is 0 Å². The Labute approximate surface area is 122 Å². The fourth-order valence-electron chi connectivity index (χ4n) is 1.69. The van der Waals surface area contributed by atoms with Crippen molar-refractivity contribution < 1.29 is 18.0 Å². The Morgan fingerprint density at radius 2 is 2.05 bits per heavy atom. The number of carbonyl (C=O) groups excluding carboxylic acids is 1. The number of aromatic nitrogens is 4. The predicted molar refractivity (Wildman–Crippen MR) is 70.0 cm³/mol. The molecule has 1 atom stereocenters. The van der Waals surface area contributed by atoms with E-state index in [4.69, 9.17) is 0 Å². The van der Waals surface area contributed by atoms with E-state index < -0.39 is 23.8 Å². The van der Waals surface area contributed by atoms with Gasteiger partial charge in [-0.05, 0) is 26.8 Å². The van der Waals surface area contributed by atoms with Gasteiger partial charge < -0.3 is 0 Å². The minimum atomic E-state index is -4.54. The molecule has 10 heteroatoms. The van der Waals surface area contributed by atoms with Gasteiger partial charge in [-0.25, -0.2) is 0 Å². The molecular weight excluding hydrogens is 307 g/mol. The Balaban J connectivity index is 2.17. The molecule has 21 heavy (non-hydrogen) atoms. The largest absolute Gasteiger partial charge is 0.435 e. The SMILES string of the molecule is Cc1nnc(NC(=O)[C@@H](C)n2nc(C(F)(F)F)cc2C)s1. The lowest BCUT2D eigenvalue weighted by molar-refractivity contribution is -0.141. The summed E-state index contributed by atoms with van der Waals surface area (Å²) in [6, 6.07) is 0.00380. The van der Waals surface area contributed by atoms with Crippen LogP contribution in [0.4, 0.5) is 18.3 Å². The third kappa shape index (κ3) is 3.38. The minimum Gasteiger partial charge on any atom is -0.299 e. The first-order valence-electron chi connectivity index (χ1n) is 5.93. The van der Waals surface area contributed by atoms with Crippen molar-refractivity contribution in [3.05, 3.63) is 22.5 Å². The van der Waals surface area contributed by atoms with E-state index in [9.17, 15) is 18.0 Å². The zero-order valence-electron chi connectivity index (χ0n) is 11.4. The van der Waals surface area contributed by atoms with Gasteiger partial charge >= 0.3 is 6.18 Å². The third-order valence-electron chi connectivity index (χ3n) is 2.72. The Bertz CT molecular complexity index is 663. The molecule has 0 aliphatic heterocycles. The monoisotopic (exact) mass is 319 g/mol. The number of nitrogens with zero attached hydrogens (tertiary/aromatic N) is 4. The van der Waals surface area contributed by atoms with Crippen LogP contribution in [0, 0.1) is 13.8 Å². The maximum atomic E-state index is 12.6. The molecule has 0 spiro atoms. The first-order valence-corrected chi connectivity index (χ1v) is 6.74. The molecule has 0 saturated carbocycles. The van der Waals surface area contributed by atoms with Crippen molar-refractivity contribution in [3.63, 3.8) is 0 Å². The van der Waals surface area contributed by atoms with Crippen molar-refractivity contribution in [2.45, 2.75) is 33.0 Å². The summed E-state index contributed by atoms with van der Waals surface area (Å²) >= 11 is 1.18. The summed E-state index contributed by atoms with van der Waals surface area (Å²) in [6.07, 6.45) is -4.54. The van der Waals surface area contributed by atoms with Crippen LogP contribution in [0.3, 0.4) is 0 Å². The summed E-state index contributed by atoms with van der Waals surface area (Å²) in [5, 5.41) is 14.4. The van der Waals surface area contributed by atoms with Crippen molar-refractivity contribution >= 4 is 22.4 Å². The average molecular weight is 319 g/mol. The van der Waals surface area contributed by atoms with Crippen LogP contribution in [0.5, 0.6) is 0 Å². The van der Waals surface area contributed by atoms with Crippen LogP contribution in [-0.2, 0) is 11.0 Å². The number of halogens is 3. The molecule has 6 nitrogen and oxygen atoms in total. The van der Waals surface area contributed by atoms with Gasteiger partial charge in [-0.2, -0.15) is 18.3 Å². The van der Waals surface area contributed by atoms with E-state index in [1.54, 1.807) is 6.92 Å². The summed E-state index contributed by atoms with van der Waals surface area (Å²) in [5.74, 6) is -0.508. The molecule has 2 heterocycles. The number of hydrogen-bond acceptors (Lipinski definition) is 5. The summed E-state index contributed by atoms with van der Waals surface area (Å²) in [4.78, 5) is 12.0. The molecule has 0 aliphatic rings. The zero-order valence-corrected chi connectivity index (χ0v) is 12.2. The molecule has 1 amide bonds. The van der Waals surface area contributed by atoms with Gasteiger partial charge in [-0.15, -0.1) is 10.2 Å². The number of rotatable bonds is 3. The van der Waals surface area contributed by atoms with Crippen molar-refractivity contribution in [2.75, 3.05) is 5.32 Å². The molecule has 0 bridgehead atoms. The topological polar surface area (TPSA) is 72.7 Å². The van der Waals surface area contributed by atoms with Gasteiger partial charge in [0.25, 0.3) is 5.91 Å². The molecule has 0 fully saturated rings. The van der Waals surface area contributed by atoms with Gasteiger partial charge in [0.2, 0.25) is 5.13 Å². The van der Waals surface area contributed by atoms with E-state index in [1.165, 1.54) is 25.2 Å². The average Bonchev–Trinajstić information content (AvgIpc) is 2.94. The zero-order chi connectivity index (χ0) is 15.8. The van der Waals surface area contributed by atoms with E-state index in [0.717, 1.165) is 10.7 Å². The quantitative estimate of drug-likeness (QED) is 0.944. The highest BCUT2D eigenvalue weighted by molar-refractivity contribution is 7.15. The standard InChI is InChI=1S/C11H12F3N5OS/c1-5-4-8(11(12,13)14)18-19(5)6(2)9(20)15-10-17-16-7(3)21-10/h4,6H,1-3H3,(H,15,17,20)/t6-/m1/s1. The third-order valence-corrected chi connectivity index (χ3v) is 3.47. The van der Waals surface area contributed by atoms with Crippen LogP contribution in [0.1, 0.15) is 29.4 Å². The number of carbonyl (C=O) groups is 1. The molecule has 0 unspecified atom stereocenters.